The Kier molecular flexibility index (Phi) is 4.16. The minimum atomic E-state index is 0.148. The monoisotopic (exact) mass is 260 g/mol. The first-order valence-corrected chi connectivity index (χ1v) is 6.44. The van der Waals surface area contributed by atoms with E-state index in [4.69, 9.17) is 0 Å². The lowest BCUT2D eigenvalue weighted by molar-refractivity contribution is -0.130. The van der Waals surface area contributed by atoms with Gasteiger partial charge in [-0.15, -0.1) is 0 Å². The van der Waals surface area contributed by atoms with Crippen molar-refractivity contribution in [3.63, 3.8) is 0 Å². The van der Waals surface area contributed by atoms with Crippen molar-refractivity contribution in [2.75, 3.05) is 20.6 Å². The van der Waals surface area contributed by atoms with Crippen molar-refractivity contribution in [3.8, 4) is 0 Å². The first-order valence-electron chi connectivity index (χ1n) is 6.44. The van der Waals surface area contributed by atoms with Crippen molar-refractivity contribution in [1.82, 2.24) is 20.2 Å². The van der Waals surface area contributed by atoms with E-state index in [0.717, 1.165) is 22.4 Å². The average molecular weight is 260 g/mol. The second kappa shape index (κ2) is 5.84. The third kappa shape index (κ3) is 3.32. The second-order valence-electron chi connectivity index (χ2n) is 4.78. The quantitative estimate of drug-likeness (QED) is 0.855. The number of aryl methyl sites for hydroxylation is 1. The van der Waals surface area contributed by atoms with E-state index >= 15 is 0 Å². The van der Waals surface area contributed by atoms with Gasteiger partial charge in [-0.2, -0.15) is 0 Å². The molecule has 5 nitrogen and oxygen atoms in total. The number of amides is 1. The number of nitrogens with zero attached hydrogens (tertiary/aromatic N) is 2. The number of benzene rings is 1. The molecule has 0 spiro atoms. The lowest BCUT2D eigenvalue weighted by atomic mass is 10.2. The van der Waals surface area contributed by atoms with Crippen molar-refractivity contribution >= 4 is 16.9 Å². The topological polar surface area (TPSA) is 61.0 Å². The lowest BCUT2D eigenvalue weighted by Gasteiger charge is -2.17. The van der Waals surface area contributed by atoms with Crippen LogP contribution < -0.4 is 5.32 Å². The Hall–Kier alpha value is -1.88. The minimum absolute atomic E-state index is 0.148. The number of fused-ring (bicyclic) bond motifs is 1. The minimum Gasteiger partial charge on any atom is -0.342 e. The van der Waals surface area contributed by atoms with Gasteiger partial charge in [-0.1, -0.05) is 6.07 Å². The molecule has 0 unspecified atom stereocenters. The van der Waals surface area contributed by atoms with Gasteiger partial charge in [0.25, 0.3) is 0 Å². The molecule has 1 aromatic heterocycles. The molecule has 2 rings (SSSR count). The van der Waals surface area contributed by atoms with Crippen LogP contribution in [0.1, 0.15) is 17.8 Å². The summed E-state index contributed by atoms with van der Waals surface area (Å²) in [7, 11) is 3.68. The molecule has 1 heterocycles. The molecule has 0 bridgehead atoms. The van der Waals surface area contributed by atoms with Crippen LogP contribution in [0.5, 0.6) is 0 Å². The first kappa shape index (κ1) is 13.5. The zero-order valence-electron chi connectivity index (χ0n) is 11.7. The Bertz CT molecular complexity index is 576. The molecule has 1 amide bonds. The van der Waals surface area contributed by atoms with E-state index in [1.165, 1.54) is 0 Å². The van der Waals surface area contributed by atoms with Gasteiger partial charge in [0.05, 0.1) is 11.0 Å². The highest BCUT2D eigenvalue weighted by molar-refractivity contribution is 5.77. The summed E-state index contributed by atoms with van der Waals surface area (Å²) in [5, 5.41) is 2.98. The molecule has 19 heavy (non-hydrogen) atoms. The maximum absolute atomic E-state index is 11.8. The number of hydrogen-bond donors (Lipinski definition) is 2. The number of imidazole rings is 1. The molecule has 5 heteroatoms. The molecule has 0 fully saturated rings. The van der Waals surface area contributed by atoms with E-state index in [2.05, 4.69) is 21.4 Å². The van der Waals surface area contributed by atoms with Gasteiger partial charge in [0.2, 0.25) is 5.91 Å². The predicted molar refractivity (Wildman–Crippen MR) is 75.8 cm³/mol. The van der Waals surface area contributed by atoms with Crippen LogP contribution in [0, 0.1) is 6.92 Å². The Balaban J connectivity index is 2.05. The summed E-state index contributed by atoms with van der Waals surface area (Å²) >= 11 is 0. The number of aromatic nitrogens is 2. The molecule has 0 atom stereocenters. The van der Waals surface area contributed by atoms with E-state index < -0.39 is 0 Å². The number of aromatic amines is 1. The van der Waals surface area contributed by atoms with Crippen LogP contribution in [-0.4, -0.2) is 41.4 Å². The van der Waals surface area contributed by atoms with Crippen LogP contribution in [-0.2, 0) is 11.3 Å². The number of carbonyl (C=O) groups is 1. The van der Waals surface area contributed by atoms with E-state index in [1.807, 2.05) is 33.2 Å². The van der Waals surface area contributed by atoms with Crippen molar-refractivity contribution in [2.24, 2.45) is 0 Å². The molecule has 2 N–H and O–H groups in total. The number of carbonyl (C=O) groups excluding carboxylic acids is 1. The lowest BCUT2D eigenvalue weighted by Crippen LogP contribution is -2.28. The maximum Gasteiger partial charge on any atom is 0.223 e. The van der Waals surface area contributed by atoms with Crippen LogP contribution in [0.4, 0.5) is 0 Å². The van der Waals surface area contributed by atoms with Crippen LogP contribution in [0.2, 0.25) is 0 Å². The summed E-state index contributed by atoms with van der Waals surface area (Å²) in [5.74, 6) is 1.06. The fourth-order valence-electron chi connectivity index (χ4n) is 2.07. The van der Waals surface area contributed by atoms with Gasteiger partial charge in [-0.3, -0.25) is 4.79 Å². The van der Waals surface area contributed by atoms with Crippen LogP contribution in [0.25, 0.3) is 11.0 Å². The average Bonchev–Trinajstić information content (AvgIpc) is 2.75. The molecular weight excluding hydrogens is 240 g/mol. The zero-order chi connectivity index (χ0) is 13.8. The van der Waals surface area contributed by atoms with Gasteiger partial charge in [0, 0.05) is 26.6 Å². The van der Waals surface area contributed by atoms with Crippen molar-refractivity contribution in [3.05, 3.63) is 29.6 Å². The molecule has 2 aromatic rings. The number of nitrogens with one attached hydrogen (secondary N) is 2. The van der Waals surface area contributed by atoms with Crippen LogP contribution in [0.3, 0.4) is 0 Å². The fraction of sp³-hybridized carbons (Fsp3) is 0.429. The Labute approximate surface area is 113 Å². The Morgan fingerprint density at radius 2 is 2.26 bits per heavy atom. The van der Waals surface area contributed by atoms with E-state index in [1.54, 1.807) is 4.90 Å². The molecule has 0 aliphatic carbocycles. The van der Waals surface area contributed by atoms with E-state index in [-0.39, 0.29) is 5.91 Å². The molecule has 0 saturated carbocycles. The molecule has 0 aliphatic rings. The van der Waals surface area contributed by atoms with Crippen molar-refractivity contribution < 1.29 is 4.79 Å². The van der Waals surface area contributed by atoms with Gasteiger partial charge in [0.1, 0.15) is 5.82 Å². The molecule has 102 valence electrons. The van der Waals surface area contributed by atoms with Gasteiger partial charge >= 0.3 is 0 Å². The summed E-state index contributed by atoms with van der Waals surface area (Å²) in [6.07, 6.45) is 0.526. The normalized spacial score (nSPS) is 10.9. The maximum atomic E-state index is 11.8. The SMILES string of the molecule is CNCCC(=O)N(C)Cc1ccc2nc(C)[nH]c2c1. The smallest absolute Gasteiger partial charge is 0.223 e. The van der Waals surface area contributed by atoms with Crippen LogP contribution >= 0.6 is 0 Å². The highest BCUT2D eigenvalue weighted by Crippen LogP contribution is 2.14. The van der Waals surface area contributed by atoms with Gasteiger partial charge in [0.15, 0.2) is 0 Å². The molecule has 0 radical (unpaired) electrons. The molecule has 0 saturated heterocycles. The van der Waals surface area contributed by atoms with Gasteiger partial charge in [-0.25, -0.2) is 4.98 Å². The van der Waals surface area contributed by atoms with Crippen LogP contribution in [0.15, 0.2) is 18.2 Å². The summed E-state index contributed by atoms with van der Waals surface area (Å²) in [4.78, 5) is 21.2. The first-order chi connectivity index (χ1) is 9.10. The number of rotatable bonds is 5. The highest BCUT2D eigenvalue weighted by Gasteiger charge is 2.09. The standard InChI is InChI=1S/C14H20N4O/c1-10-16-12-5-4-11(8-13(12)17-10)9-18(3)14(19)6-7-15-2/h4-5,8,15H,6-7,9H2,1-3H3,(H,16,17). The third-order valence-corrected chi connectivity index (χ3v) is 3.10. The van der Waals surface area contributed by atoms with E-state index in [0.29, 0.717) is 19.5 Å². The molecular formula is C14H20N4O. The number of H-pyrrole nitrogens is 1. The third-order valence-electron chi connectivity index (χ3n) is 3.10. The van der Waals surface area contributed by atoms with Crippen molar-refractivity contribution in [2.45, 2.75) is 19.9 Å². The Morgan fingerprint density at radius 1 is 1.47 bits per heavy atom. The fourth-order valence-corrected chi connectivity index (χ4v) is 2.07. The van der Waals surface area contributed by atoms with Gasteiger partial charge in [-0.05, 0) is 31.7 Å². The highest BCUT2D eigenvalue weighted by atomic mass is 16.2. The predicted octanol–water partition coefficient (Wildman–Crippen LogP) is 1.44. The second-order valence-corrected chi connectivity index (χ2v) is 4.78. The summed E-state index contributed by atoms with van der Waals surface area (Å²) in [6, 6.07) is 6.06. The van der Waals surface area contributed by atoms with Gasteiger partial charge < -0.3 is 15.2 Å². The summed E-state index contributed by atoms with van der Waals surface area (Å²) in [5.41, 5.74) is 3.09. The Morgan fingerprint density at radius 3 is 3.00 bits per heavy atom. The van der Waals surface area contributed by atoms with Crippen molar-refractivity contribution in [1.29, 1.82) is 0 Å². The molecule has 0 aliphatic heterocycles. The summed E-state index contributed by atoms with van der Waals surface area (Å²) < 4.78 is 0. The summed E-state index contributed by atoms with van der Waals surface area (Å²) in [6.45, 7) is 3.27. The number of hydrogen-bond acceptors (Lipinski definition) is 3. The van der Waals surface area contributed by atoms with E-state index in [9.17, 15) is 4.79 Å². The zero-order valence-corrected chi connectivity index (χ0v) is 11.7. The molecule has 1 aromatic carbocycles. The largest absolute Gasteiger partial charge is 0.342 e.